The molecule has 0 unspecified atom stereocenters. The van der Waals surface area contributed by atoms with Gasteiger partial charge in [0.05, 0.1) is 6.61 Å². The molecule has 0 saturated carbocycles. The summed E-state index contributed by atoms with van der Waals surface area (Å²) in [6.07, 6.45) is 4.13. The molecule has 14 heavy (non-hydrogen) atoms. The van der Waals surface area contributed by atoms with E-state index in [2.05, 4.69) is 31.2 Å². The fourth-order valence-electron chi connectivity index (χ4n) is 1.14. The molecule has 76 valence electrons. The van der Waals surface area contributed by atoms with Crippen LogP contribution in [0.5, 0.6) is 0 Å². The van der Waals surface area contributed by atoms with Crippen molar-refractivity contribution < 1.29 is 5.11 Å². The van der Waals surface area contributed by atoms with Crippen molar-refractivity contribution in [1.82, 2.24) is 0 Å². The number of rotatable bonds is 3. The van der Waals surface area contributed by atoms with Crippen LogP contribution >= 0.6 is 0 Å². The van der Waals surface area contributed by atoms with E-state index >= 15 is 0 Å². The highest BCUT2D eigenvalue weighted by atomic mass is 16.3. The zero-order valence-corrected chi connectivity index (χ0v) is 9.12. The zero-order chi connectivity index (χ0) is 10.6. The summed E-state index contributed by atoms with van der Waals surface area (Å²) in [4.78, 5) is 0. The van der Waals surface area contributed by atoms with Crippen LogP contribution in [0.3, 0.4) is 0 Å². The van der Waals surface area contributed by atoms with Gasteiger partial charge in [-0.15, -0.1) is 0 Å². The summed E-state index contributed by atoms with van der Waals surface area (Å²) in [5.41, 5.74) is 2.34. The highest BCUT2D eigenvalue weighted by Gasteiger charge is 2.10. The van der Waals surface area contributed by atoms with Crippen molar-refractivity contribution in [2.45, 2.75) is 20.8 Å². The standard InChI is InChI=1S/C13H18O/c1-11-6-4-5-7-12(11)8-9-13(2,3)10-14/h4-9,14H,10H2,1-3H3. The van der Waals surface area contributed by atoms with E-state index in [1.807, 2.05) is 26.0 Å². The Morgan fingerprint density at radius 3 is 2.50 bits per heavy atom. The number of aryl methyl sites for hydroxylation is 1. The maximum absolute atomic E-state index is 9.09. The van der Waals surface area contributed by atoms with E-state index in [0.717, 1.165) is 0 Å². The Bertz CT molecular complexity index is 324. The largest absolute Gasteiger partial charge is 0.395 e. The van der Waals surface area contributed by atoms with E-state index < -0.39 is 0 Å². The van der Waals surface area contributed by atoms with Crippen molar-refractivity contribution in [3.05, 3.63) is 41.5 Å². The molecule has 0 saturated heterocycles. The van der Waals surface area contributed by atoms with E-state index in [4.69, 9.17) is 5.11 Å². The number of benzene rings is 1. The first-order chi connectivity index (χ1) is 6.55. The van der Waals surface area contributed by atoms with Crippen LogP contribution in [-0.2, 0) is 0 Å². The second-order valence-corrected chi connectivity index (χ2v) is 4.34. The molecule has 1 N–H and O–H groups in total. The zero-order valence-electron chi connectivity index (χ0n) is 9.12. The normalized spacial score (nSPS) is 12.3. The molecule has 1 aromatic rings. The fourth-order valence-corrected chi connectivity index (χ4v) is 1.14. The van der Waals surface area contributed by atoms with Gasteiger partial charge >= 0.3 is 0 Å². The Balaban J connectivity index is 2.84. The van der Waals surface area contributed by atoms with Crippen LogP contribution in [0.4, 0.5) is 0 Å². The maximum Gasteiger partial charge on any atom is 0.0516 e. The van der Waals surface area contributed by atoms with Gasteiger partial charge in [0.25, 0.3) is 0 Å². The number of aliphatic hydroxyl groups excluding tert-OH is 1. The van der Waals surface area contributed by atoms with Crippen LogP contribution < -0.4 is 0 Å². The average Bonchev–Trinajstić information content (AvgIpc) is 2.17. The van der Waals surface area contributed by atoms with Gasteiger partial charge in [0, 0.05) is 5.41 Å². The minimum Gasteiger partial charge on any atom is -0.395 e. The number of aliphatic hydroxyl groups is 1. The monoisotopic (exact) mass is 190 g/mol. The Labute approximate surface area is 86.1 Å². The van der Waals surface area contributed by atoms with Gasteiger partial charge < -0.3 is 5.11 Å². The third-order valence-corrected chi connectivity index (χ3v) is 2.31. The third-order valence-electron chi connectivity index (χ3n) is 2.31. The van der Waals surface area contributed by atoms with Crippen LogP contribution in [0, 0.1) is 12.3 Å². The van der Waals surface area contributed by atoms with Gasteiger partial charge in [-0.2, -0.15) is 0 Å². The summed E-state index contributed by atoms with van der Waals surface area (Å²) in [6.45, 7) is 6.30. The maximum atomic E-state index is 9.09. The van der Waals surface area contributed by atoms with Crippen molar-refractivity contribution in [3.63, 3.8) is 0 Å². The van der Waals surface area contributed by atoms with Crippen LogP contribution in [0.15, 0.2) is 30.3 Å². The molecule has 0 aliphatic carbocycles. The molecule has 1 aromatic carbocycles. The minimum absolute atomic E-state index is 0.137. The van der Waals surface area contributed by atoms with E-state index in [-0.39, 0.29) is 12.0 Å². The van der Waals surface area contributed by atoms with Gasteiger partial charge in [0.1, 0.15) is 0 Å². The first-order valence-corrected chi connectivity index (χ1v) is 4.91. The van der Waals surface area contributed by atoms with Gasteiger partial charge in [-0.3, -0.25) is 0 Å². The van der Waals surface area contributed by atoms with Crippen molar-refractivity contribution in [3.8, 4) is 0 Å². The Morgan fingerprint density at radius 2 is 1.93 bits per heavy atom. The lowest BCUT2D eigenvalue weighted by Gasteiger charge is -2.15. The molecule has 0 amide bonds. The van der Waals surface area contributed by atoms with E-state index in [0.29, 0.717) is 0 Å². The predicted molar refractivity (Wildman–Crippen MR) is 61.1 cm³/mol. The lowest BCUT2D eigenvalue weighted by atomic mass is 9.93. The van der Waals surface area contributed by atoms with Crippen LogP contribution in [0.2, 0.25) is 0 Å². The van der Waals surface area contributed by atoms with Gasteiger partial charge in [-0.25, -0.2) is 0 Å². The average molecular weight is 190 g/mol. The number of hydrogen-bond acceptors (Lipinski definition) is 1. The van der Waals surface area contributed by atoms with Gasteiger partial charge in [-0.05, 0) is 18.1 Å². The summed E-state index contributed by atoms with van der Waals surface area (Å²) in [5, 5.41) is 9.09. The molecule has 1 rings (SSSR count). The topological polar surface area (TPSA) is 20.2 Å². The first kappa shape index (κ1) is 11.0. The summed E-state index contributed by atoms with van der Waals surface area (Å²) in [6, 6.07) is 8.23. The van der Waals surface area contributed by atoms with Gasteiger partial charge in [0.2, 0.25) is 0 Å². The molecule has 0 aliphatic heterocycles. The molecule has 0 aliphatic rings. The first-order valence-electron chi connectivity index (χ1n) is 4.91. The van der Waals surface area contributed by atoms with E-state index in [1.54, 1.807) is 0 Å². The highest BCUT2D eigenvalue weighted by Crippen LogP contribution is 2.18. The summed E-state index contributed by atoms with van der Waals surface area (Å²) in [5.74, 6) is 0. The summed E-state index contributed by atoms with van der Waals surface area (Å²) < 4.78 is 0. The molecule has 0 atom stereocenters. The summed E-state index contributed by atoms with van der Waals surface area (Å²) >= 11 is 0. The second kappa shape index (κ2) is 4.43. The van der Waals surface area contributed by atoms with Gasteiger partial charge in [0.15, 0.2) is 0 Å². The smallest absolute Gasteiger partial charge is 0.0516 e. The van der Waals surface area contributed by atoms with Crippen molar-refractivity contribution in [2.75, 3.05) is 6.61 Å². The second-order valence-electron chi connectivity index (χ2n) is 4.34. The van der Waals surface area contributed by atoms with Crippen LogP contribution in [0.25, 0.3) is 6.08 Å². The van der Waals surface area contributed by atoms with Gasteiger partial charge in [-0.1, -0.05) is 50.3 Å². The van der Waals surface area contributed by atoms with Crippen LogP contribution in [0.1, 0.15) is 25.0 Å². The fraction of sp³-hybridized carbons (Fsp3) is 0.385. The molecule has 0 heterocycles. The van der Waals surface area contributed by atoms with Crippen molar-refractivity contribution >= 4 is 6.08 Å². The van der Waals surface area contributed by atoms with Crippen molar-refractivity contribution in [2.24, 2.45) is 5.41 Å². The minimum atomic E-state index is -0.137. The summed E-state index contributed by atoms with van der Waals surface area (Å²) in [7, 11) is 0. The highest BCUT2D eigenvalue weighted by molar-refractivity contribution is 5.53. The quantitative estimate of drug-likeness (QED) is 0.776. The Morgan fingerprint density at radius 1 is 1.29 bits per heavy atom. The van der Waals surface area contributed by atoms with Crippen LogP contribution in [-0.4, -0.2) is 11.7 Å². The van der Waals surface area contributed by atoms with E-state index in [9.17, 15) is 0 Å². The molecular formula is C13H18O. The molecule has 1 heteroatoms. The molecule has 0 spiro atoms. The van der Waals surface area contributed by atoms with E-state index in [1.165, 1.54) is 11.1 Å². The Kier molecular flexibility index (Phi) is 3.48. The molecule has 1 nitrogen and oxygen atoms in total. The molecule has 0 bridgehead atoms. The SMILES string of the molecule is Cc1ccccc1C=CC(C)(C)CO. The number of hydrogen-bond donors (Lipinski definition) is 1. The predicted octanol–water partition coefficient (Wildman–Crippen LogP) is 3.03. The Hall–Kier alpha value is -1.08. The molecule has 0 aromatic heterocycles. The molecule has 0 fully saturated rings. The lowest BCUT2D eigenvalue weighted by molar-refractivity contribution is 0.200. The lowest BCUT2D eigenvalue weighted by Crippen LogP contribution is -2.12. The molecule has 0 radical (unpaired) electrons. The third kappa shape index (κ3) is 3.00. The van der Waals surface area contributed by atoms with Crippen molar-refractivity contribution in [1.29, 1.82) is 0 Å². The molecular weight excluding hydrogens is 172 g/mol.